The van der Waals surface area contributed by atoms with E-state index in [1.807, 2.05) is 0 Å². The van der Waals surface area contributed by atoms with Crippen LogP contribution in [0.15, 0.2) is 0 Å². The van der Waals surface area contributed by atoms with Crippen molar-refractivity contribution in [3.63, 3.8) is 0 Å². The quantitative estimate of drug-likeness (QED) is 0.675. The van der Waals surface area contributed by atoms with Crippen molar-refractivity contribution in [2.45, 2.75) is 77.9 Å². The van der Waals surface area contributed by atoms with E-state index < -0.39 is 0 Å². The average Bonchev–Trinajstić information content (AvgIpc) is 2.24. The van der Waals surface area contributed by atoms with Gasteiger partial charge in [-0.2, -0.15) is 0 Å². The molecule has 5 atom stereocenters. The summed E-state index contributed by atoms with van der Waals surface area (Å²) < 4.78 is 6.32. The zero-order valence-corrected chi connectivity index (χ0v) is 11.2. The molecule has 1 nitrogen and oxygen atoms in total. The molecule has 0 saturated heterocycles. The van der Waals surface area contributed by atoms with Gasteiger partial charge in [0.15, 0.2) is 0 Å². The van der Waals surface area contributed by atoms with Crippen LogP contribution in [0.1, 0.15) is 65.7 Å². The molecular weight excluding hydrogens is 196 g/mol. The Balaban J connectivity index is 1.76. The van der Waals surface area contributed by atoms with Gasteiger partial charge in [-0.1, -0.05) is 33.6 Å². The van der Waals surface area contributed by atoms with Gasteiger partial charge in [0.2, 0.25) is 0 Å². The molecule has 0 N–H and O–H groups in total. The first kappa shape index (κ1) is 12.4. The largest absolute Gasteiger partial charge is 0.375 e. The molecule has 2 aliphatic carbocycles. The van der Waals surface area contributed by atoms with Crippen molar-refractivity contribution in [3.05, 3.63) is 0 Å². The number of hydrogen-bond acceptors (Lipinski definition) is 1. The molecule has 2 fully saturated rings. The first-order chi connectivity index (χ1) is 7.65. The van der Waals surface area contributed by atoms with E-state index >= 15 is 0 Å². The zero-order valence-electron chi connectivity index (χ0n) is 11.2. The van der Waals surface area contributed by atoms with Gasteiger partial charge < -0.3 is 4.74 Å². The Bertz CT molecular complexity index is 213. The molecule has 2 saturated carbocycles. The third-order valence-electron chi connectivity index (χ3n) is 4.82. The van der Waals surface area contributed by atoms with Crippen LogP contribution in [0.2, 0.25) is 0 Å². The van der Waals surface area contributed by atoms with Gasteiger partial charge >= 0.3 is 0 Å². The highest BCUT2D eigenvalue weighted by atomic mass is 16.5. The van der Waals surface area contributed by atoms with Crippen molar-refractivity contribution in [1.82, 2.24) is 0 Å². The molecule has 0 amide bonds. The minimum Gasteiger partial charge on any atom is -0.375 e. The van der Waals surface area contributed by atoms with Crippen LogP contribution in [0.25, 0.3) is 0 Å². The lowest BCUT2D eigenvalue weighted by Gasteiger charge is -2.36. The molecule has 1 heteroatoms. The predicted molar refractivity (Wildman–Crippen MR) is 68.5 cm³/mol. The lowest BCUT2D eigenvalue weighted by atomic mass is 9.80. The van der Waals surface area contributed by atoms with E-state index in [4.69, 9.17) is 4.74 Å². The highest BCUT2D eigenvalue weighted by molar-refractivity contribution is 4.78. The van der Waals surface area contributed by atoms with Gasteiger partial charge in [0.25, 0.3) is 0 Å². The van der Waals surface area contributed by atoms with Gasteiger partial charge in [0, 0.05) is 0 Å². The summed E-state index contributed by atoms with van der Waals surface area (Å²) in [5, 5.41) is 0. The molecule has 94 valence electrons. The number of ether oxygens (including phenoxy) is 1. The van der Waals surface area contributed by atoms with Gasteiger partial charge in [-0.3, -0.25) is 0 Å². The topological polar surface area (TPSA) is 9.23 Å². The Kier molecular flexibility index (Phi) is 4.29. The summed E-state index contributed by atoms with van der Waals surface area (Å²) in [7, 11) is 0. The molecule has 2 rings (SSSR count). The second kappa shape index (κ2) is 5.53. The Hall–Kier alpha value is -0.0400. The fourth-order valence-corrected chi connectivity index (χ4v) is 3.40. The van der Waals surface area contributed by atoms with Gasteiger partial charge in [-0.25, -0.2) is 0 Å². The third kappa shape index (κ3) is 3.23. The van der Waals surface area contributed by atoms with E-state index in [1.165, 1.54) is 44.9 Å². The van der Waals surface area contributed by atoms with Crippen molar-refractivity contribution < 1.29 is 4.74 Å². The highest BCUT2D eigenvalue weighted by Crippen LogP contribution is 2.34. The first-order valence-corrected chi connectivity index (χ1v) is 7.30. The minimum atomic E-state index is 0.571. The van der Waals surface area contributed by atoms with E-state index in [9.17, 15) is 0 Å². The molecule has 0 spiro atoms. The van der Waals surface area contributed by atoms with E-state index in [0.29, 0.717) is 12.2 Å². The second-order valence-electron chi connectivity index (χ2n) is 6.42. The van der Waals surface area contributed by atoms with Crippen LogP contribution in [0.3, 0.4) is 0 Å². The van der Waals surface area contributed by atoms with E-state index in [0.717, 1.165) is 17.8 Å². The van der Waals surface area contributed by atoms with Crippen molar-refractivity contribution in [3.8, 4) is 0 Å². The van der Waals surface area contributed by atoms with Crippen LogP contribution >= 0.6 is 0 Å². The Morgan fingerprint density at radius 2 is 1.50 bits per heavy atom. The number of hydrogen-bond donors (Lipinski definition) is 0. The predicted octanol–water partition coefficient (Wildman–Crippen LogP) is 4.41. The van der Waals surface area contributed by atoms with Crippen molar-refractivity contribution in [2.75, 3.05) is 0 Å². The summed E-state index contributed by atoms with van der Waals surface area (Å²) in [5.74, 6) is 2.66. The molecule has 0 bridgehead atoms. The molecule has 0 aliphatic heterocycles. The summed E-state index contributed by atoms with van der Waals surface area (Å²) in [6.07, 6.45) is 10.5. The molecule has 0 heterocycles. The maximum absolute atomic E-state index is 6.32. The summed E-state index contributed by atoms with van der Waals surface area (Å²) in [5.41, 5.74) is 0. The van der Waals surface area contributed by atoms with Crippen LogP contribution in [-0.2, 0) is 4.74 Å². The fraction of sp³-hybridized carbons (Fsp3) is 1.00. The summed E-state index contributed by atoms with van der Waals surface area (Å²) in [6.45, 7) is 7.16. The monoisotopic (exact) mass is 224 g/mol. The van der Waals surface area contributed by atoms with Crippen molar-refractivity contribution in [2.24, 2.45) is 17.8 Å². The minimum absolute atomic E-state index is 0.571. The van der Waals surface area contributed by atoms with E-state index in [2.05, 4.69) is 20.8 Å². The molecular formula is C15H28O. The molecule has 0 aromatic heterocycles. The summed E-state index contributed by atoms with van der Waals surface area (Å²) in [6, 6.07) is 0. The smallest absolute Gasteiger partial charge is 0.0581 e. The van der Waals surface area contributed by atoms with Crippen molar-refractivity contribution >= 4 is 0 Å². The second-order valence-corrected chi connectivity index (χ2v) is 6.42. The Morgan fingerprint density at radius 1 is 0.750 bits per heavy atom. The Labute approximate surface area is 101 Å². The summed E-state index contributed by atoms with van der Waals surface area (Å²) >= 11 is 0. The normalized spacial score (nSPS) is 45.6. The first-order valence-electron chi connectivity index (χ1n) is 7.30. The maximum Gasteiger partial charge on any atom is 0.0581 e. The van der Waals surface area contributed by atoms with Crippen LogP contribution in [0.5, 0.6) is 0 Å². The van der Waals surface area contributed by atoms with E-state index in [-0.39, 0.29) is 0 Å². The van der Waals surface area contributed by atoms with Crippen LogP contribution in [0.4, 0.5) is 0 Å². The third-order valence-corrected chi connectivity index (χ3v) is 4.82. The van der Waals surface area contributed by atoms with Crippen LogP contribution < -0.4 is 0 Å². The van der Waals surface area contributed by atoms with Gasteiger partial charge in [-0.05, 0) is 49.9 Å². The average molecular weight is 224 g/mol. The molecule has 16 heavy (non-hydrogen) atoms. The van der Waals surface area contributed by atoms with Crippen LogP contribution in [0, 0.1) is 17.8 Å². The zero-order chi connectivity index (χ0) is 11.5. The SMILES string of the molecule is CC1CCCC(OC2CCC(C)C(C)C2)C1. The Morgan fingerprint density at radius 3 is 2.19 bits per heavy atom. The van der Waals surface area contributed by atoms with Gasteiger partial charge in [-0.15, -0.1) is 0 Å². The lowest BCUT2D eigenvalue weighted by molar-refractivity contribution is -0.0668. The molecule has 0 aromatic rings. The standard InChI is InChI=1S/C15H28O/c1-11-5-4-6-14(9-11)16-15-8-7-12(2)13(3)10-15/h11-15H,4-10H2,1-3H3. The van der Waals surface area contributed by atoms with Gasteiger partial charge in [0.05, 0.1) is 12.2 Å². The van der Waals surface area contributed by atoms with Crippen molar-refractivity contribution in [1.29, 1.82) is 0 Å². The molecule has 0 radical (unpaired) electrons. The lowest BCUT2D eigenvalue weighted by Crippen LogP contribution is -2.32. The number of rotatable bonds is 2. The maximum atomic E-state index is 6.32. The van der Waals surface area contributed by atoms with Crippen LogP contribution in [-0.4, -0.2) is 12.2 Å². The molecule has 5 unspecified atom stereocenters. The molecule has 0 aromatic carbocycles. The van der Waals surface area contributed by atoms with E-state index in [1.54, 1.807) is 0 Å². The molecule has 2 aliphatic rings. The fourth-order valence-electron chi connectivity index (χ4n) is 3.40. The highest BCUT2D eigenvalue weighted by Gasteiger charge is 2.28. The summed E-state index contributed by atoms with van der Waals surface area (Å²) in [4.78, 5) is 0. The van der Waals surface area contributed by atoms with Gasteiger partial charge in [0.1, 0.15) is 0 Å².